The molecule has 1 fully saturated rings. The fourth-order valence-electron chi connectivity index (χ4n) is 6.64. The Morgan fingerprint density at radius 1 is 0.902 bits per heavy atom. The Hall–Kier alpha value is -3.88. The second-order valence-corrected chi connectivity index (χ2v) is 22.2. The van der Waals surface area contributed by atoms with Gasteiger partial charge in [0.1, 0.15) is 12.5 Å². The third-order valence-electron chi connectivity index (χ3n) is 11.4. The van der Waals surface area contributed by atoms with E-state index < -0.39 is 55.9 Å². The first-order valence-electron chi connectivity index (χ1n) is 21.3. The standard InChI is InChI=1S/C49H72O11Si/c1-13-14-15-16-20-24-44(50)59-46-40(32-45(51)53-9)31-42(60-49(46,54-10)48(6,7)29-21-30-58-61(11,12)47(3,4)5)33-43(56-35-39-25-27-41(52-8)28-26-39)37(2)57-36-55-34-38-22-18-17-19-23-38/h15-29,32,37,42-43,46H,13-14,30-31,33-36H2,1-12H3/t37-,42+,43-,46+,49-/m1/s1. The summed E-state index contributed by atoms with van der Waals surface area (Å²) in [7, 11) is 2.40. The monoisotopic (exact) mass is 864 g/mol. The molecule has 12 heteroatoms. The van der Waals surface area contributed by atoms with E-state index in [2.05, 4.69) is 40.8 Å². The quantitative estimate of drug-likeness (QED) is 0.0191. The first-order chi connectivity index (χ1) is 28.9. The van der Waals surface area contributed by atoms with E-state index in [0.29, 0.717) is 25.2 Å². The molecule has 2 aromatic rings. The first kappa shape index (κ1) is 51.5. The van der Waals surface area contributed by atoms with Gasteiger partial charge in [-0.25, -0.2) is 9.59 Å². The van der Waals surface area contributed by atoms with Crippen LogP contribution >= 0.6 is 0 Å². The molecule has 0 aliphatic carbocycles. The SMILES string of the molecule is CCCC=CC=CC(=O)O[C@H]1C(=CC(=O)OC)C[C@@H](C[C@@H](OCc2ccc(OC)cc2)[C@@H](C)OCOCc2ccccc2)O[C@@]1(OC)C(C)(C)C=CCO[Si](C)(C)C(C)(C)C. The van der Waals surface area contributed by atoms with Crippen molar-refractivity contribution in [3.05, 3.63) is 114 Å². The molecule has 0 aromatic heterocycles. The number of esters is 2. The topological polar surface area (TPSA) is 117 Å². The van der Waals surface area contributed by atoms with Crippen LogP contribution < -0.4 is 4.74 Å². The smallest absolute Gasteiger partial charge is 0.331 e. The van der Waals surface area contributed by atoms with Crippen LogP contribution in [0.15, 0.2) is 103 Å². The Balaban J connectivity index is 2.04. The summed E-state index contributed by atoms with van der Waals surface area (Å²) in [5.41, 5.74) is 1.48. The van der Waals surface area contributed by atoms with Gasteiger partial charge in [-0.3, -0.25) is 0 Å². The molecule has 0 bridgehead atoms. The van der Waals surface area contributed by atoms with Crippen LogP contribution in [0.2, 0.25) is 18.1 Å². The van der Waals surface area contributed by atoms with Crippen LogP contribution in [0.25, 0.3) is 0 Å². The molecule has 0 amide bonds. The van der Waals surface area contributed by atoms with E-state index in [1.54, 1.807) is 13.2 Å². The summed E-state index contributed by atoms with van der Waals surface area (Å²) >= 11 is 0. The molecule has 0 saturated carbocycles. The fraction of sp³-hybridized carbons (Fsp3) is 0.551. The molecule has 3 rings (SSSR count). The van der Waals surface area contributed by atoms with Crippen molar-refractivity contribution in [3.63, 3.8) is 0 Å². The molecular weight excluding hydrogens is 793 g/mol. The van der Waals surface area contributed by atoms with Gasteiger partial charge in [0, 0.05) is 31.1 Å². The van der Waals surface area contributed by atoms with E-state index in [1.165, 1.54) is 26.4 Å². The molecule has 5 atom stereocenters. The lowest BCUT2D eigenvalue weighted by molar-refractivity contribution is -0.338. The predicted molar refractivity (Wildman–Crippen MR) is 241 cm³/mol. The van der Waals surface area contributed by atoms with Crippen LogP contribution in [-0.4, -0.2) is 85.2 Å². The number of allylic oxidation sites excluding steroid dienone is 3. The second-order valence-electron chi connectivity index (χ2n) is 17.4. The summed E-state index contributed by atoms with van der Waals surface area (Å²) in [6.45, 7) is 20.0. The van der Waals surface area contributed by atoms with Gasteiger partial charge in [-0.1, -0.05) is 121 Å². The lowest BCUT2D eigenvalue weighted by Crippen LogP contribution is -2.63. The van der Waals surface area contributed by atoms with Gasteiger partial charge in [0.2, 0.25) is 5.79 Å². The van der Waals surface area contributed by atoms with Crippen LogP contribution in [0.5, 0.6) is 5.75 Å². The average molecular weight is 865 g/mol. The molecule has 1 heterocycles. The van der Waals surface area contributed by atoms with Gasteiger partial charge in [0.15, 0.2) is 14.4 Å². The molecule has 61 heavy (non-hydrogen) atoms. The number of rotatable bonds is 24. The third kappa shape index (κ3) is 15.8. The highest BCUT2D eigenvalue weighted by molar-refractivity contribution is 6.74. The molecule has 0 unspecified atom stereocenters. The van der Waals surface area contributed by atoms with Crippen molar-refractivity contribution in [3.8, 4) is 5.75 Å². The normalized spacial score (nSPS) is 20.7. The molecule has 1 saturated heterocycles. The molecular formula is C49H72O11Si. The number of carbonyl (C=O) groups is 2. The minimum absolute atomic E-state index is 0.0246. The highest BCUT2D eigenvalue weighted by Crippen LogP contribution is 2.49. The van der Waals surface area contributed by atoms with Crippen molar-refractivity contribution in [1.82, 2.24) is 0 Å². The van der Waals surface area contributed by atoms with E-state index in [9.17, 15) is 9.59 Å². The number of methoxy groups -OCH3 is 3. The number of benzene rings is 2. The average Bonchev–Trinajstić information content (AvgIpc) is 3.23. The summed E-state index contributed by atoms with van der Waals surface area (Å²) in [6, 6.07) is 17.6. The van der Waals surface area contributed by atoms with Gasteiger partial charge in [0.25, 0.3) is 0 Å². The number of hydrogen-bond acceptors (Lipinski definition) is 11. The van der Waals surface area contributed by atoms with Crippen LogP contribution in [0.3, 0.4) is 0 Å². The fourth-order valence-corrected chi connectivity index (χ4v) is 7.59. The summed E-state index contributed by atoms with van der Waals surface area (Å²) < 4.78 is 55.5. The Labute approximate surface area is 366 Å². The lowest BCUT2D eigenvalue weighted by atomic mass is 9.74. The van der Waals surface area contributed by atoms with E-state index in [-0.39, 0.29) is 24.9 Å². The Morgan fingerprint density at radius 2 is 1.59 bits per heavy atom. The summed E-state index contributed by atoms with van der Waals surface area (Å²) in [6.07, 6.45) is 11.7. The number of ether oxygens (including phenoxy) is 8. The molecule has 11 nitrogen and oxygen atoms in total. The van der Waals surface area contributed by atoms with E-state index in [4.69, 9.17) is 42.3 Å². The van der Waals surface area contributed by atoms with Crippen LogP contribution in [-0.2, 0) is 60.4 Å². The molecule has 1 aliphatic rings. The highest BCUT2D eigenvalue weighted by atomic mass is 28.4. The third-order valence-corrected chi connectivity index (χ3v) is 15.9. The minimum atomic E-state index is -2.06. The number of carbonyl (C=O) groups excluding carboxylic acids is 2. The minimum Gasteiger partial charge on any atom is -0.497 e. The summed E-state index contributed by atoms with van der Waals surface area (Å²) in [4.78, 5) is 26.6. The van der Waals surface area contributed by atoms with Crippen LogP contribution in [0, 0.1) is 5.41 Å². The zero-order chi connectivity index (χ0) is 45.1. The van der Waals surface area contributed by atoms with Crippen molar-refractivity contribution < 1.29 is 51.9 Å². The summed E-state index contributed by atoms with van der Waals surface area (Å²) in [5, 5.41) is 0.0246. The van der Waals surface area contributed by atoms with E-state index in [0.717, 1.165) is 29.7 Å². The number of unbranched alkanes of at least 4 members (excludes halogenated alkanes) is 1. The molecule has 0 spiro atoms. The van der Waals surface area contributed by atoms with Crippen LogP contribution in [0.1, 0.15) is 85.3 Å². The highest BCUT2D eigenvalue weighted by Gasteiger charge is 2.59. The van der Waals surface area contributed by atoms with Gasteiger partial charge >= 0.3 is 11.9 Å². The maximum Gasteiger partial charge on any atom is 0.331 e. The zero-order valence-electron chi connectivity index (χ0n) is 38.7. The molecule has 0 N–H and O–H groups in total. The molecule has 0 radical (unpaired) electrons. The zero-order valence-corrected chi connectivity index (χ0v) is 39.7. The van der Waals surface area contributed by atoms with Crippen LogP contribution in [0.4, 0.5) is 0 Å². The van der Waals surface area contributed by atoms with Gasteiger partial charge in [0.05, 0.1) is 52.4 Å². The van der Waals surface area contributed by atoms with Crippen molar-refractivity contribution in [1.29, 1.82) is 0 Å². The largest absolute Gasteiger partial charge is 0.497 e. The van der Waals surface area contributed by atoms with Gasteiger partial charge in [-0.2, -0.15) is 0 Å². The first-order valence-corrected chi connectivity index (χ1v) is 24.2. The Morgan fingerprint density at radius 3 is 2.21 bits per heavy atom. The van der Waals surface area contributed by atoms with E-state index in [1.807, 2.05) is 99.7 Å². The Kier molecular flexibility index (Phi) is 20.8. The molecule has 338 valence electrons. The van der Waals surface area contributed by atoms with E-state index >= 15 is 0 Å². The maximum atomic E-state index is 13.6. The van der Waals surface area contributed by atoms with Crippen molar-refractivity contribution >= 4 is 20.3 Å². The van der Waals surface area contributed by atoms with Crippen molar-refractivity contribution in [2.75, 3.05) is 34.7 Å². The van der Waals surface area contributed by atoms with Crippen molar-refractivity contribution in [2.24, 2.45) is 5.41 Å². The van der Waals surface area contributed by atoms with Gasteiger partial charge in [-0.15, -0.1) is 0 Å². The maximum absolute atomic E-state index is 13.6. The predicted octanol–water partition coefficient (Wildman–Crippen LogP) is 10.2. The molecule has 1 aliphatic heterocycles. The van der Waals surface area contributed by atoms with Gasteiger partial charge in [-0.05, 0) is 66.7 Å². The Bertz CT molecular complexity index is 1740. The summed E-state index contributed by atoms with van der Waals surface area (Å²) in [5.74, 6) is -2.11. The van der Waals surface area contributed by atoms with Gasteiger partial charge < -0.3 is 42.3 Å². The van der Waals surface area contributed by atoms with Crippen molar-refractivity contribution in [2.45, 2.75) is 136 Å². The number of hydrogen-bond donors (Lipinski definition) is 0. The second kappa shape index (κ2) is 24.7. The lowest BCUT2D eigenvalue weighted by Gasteiger charge is -2.53. The molecule has 2 aromatic carbocycles.